The molecule has 0 radical (unpaired) electrons. The number of carbonyl (C=O) groups excluding carboxylic acids is 1. The minimum atomic E-state index is -0.886. The second-order valence-electron chi connectivity index (χ2n) is 5.62. The van der Waals surface area contributed by atoms with Gasteiger partial charge in [0.1, 0.15) is 0 Å². The van der Waals surface area contributed by atoms with Gasteiger partial charge in [-0.2, -0.15) is 0 Å². The second kappa shape index (κ2) is 5.14. The fourth-order valence-corrected chi connectivity index (χ4v) is 3.11. The number of nitrogens with one attached hydrogen (secondary N) is 1. The molecule has 21 heavy (non-hydrogen) atoms. The molecule has 1 spiro atoms. The summed E-state index contributed by atoms with van der Waals surface area (Å²) in [7, 11) is 0. The van der Waals surface area contributed by atoms with Crippen LogP contribution < -0.4 is 5.32 Å². The lowest BCUT2D eigenvalue weighted by atomic mass is 9.91. The van der Waals surface area contributed by atoms with E-state index in [9.17, 15) is 9.59 Å². The van der Waals surface area contributed by atoms with Gasteiger partial charge in [-0.3, -0.25) is 4.79 Å². The molecule has 2 aliphatic rings. The Bertz CT molecular complexity index is 569. The summed E-state index contributed by atoms with van der Waals surface area (Å²) in [4.78, 5) is 24.5. The minimum Gasteiger partial charge on any atom is -0.465 e. The Hall–Kier alpha value is -1.89. The summed E-state index contributed by atoms with van der Waals surface area (Å²) in [5.41, 5.74) is -0.0319. The van der Waals surface area contributed by atoms with E-state index in [1.807, 2.05) is 0 Å². The first-order valence-corrected chi connectivity index (χ1v) is 7.16. The van der Waals surface area contributed by atoms with E-state index in [-0.39, 0.29) is 22.4 Å². The average molecular weight is 311 g/mol. The molecular formula is C13H15ClN4O3. The predicted octanol–water partition coefficient (Wildman–Crippen LogP) is 1.85. The van der Waals surface area contributed by atoms with Crippen molar-refractivity contribution in [1.82, 2.24) is 15.1 Å². The van der Waals surface area contributed by atoms with Crippen LogP contribution in [-0.4, -0.2) is 45.3 Å². The van der Waals surface area contributed by atoms with Gasteiger partial charge in [0.2, 0.25) is 5.91 Å². The van der Waals surface area contributed by atoms with Crippen molar-refractivity contribution in [2.45, 2.75) is 19.3 Å². The van der Waals surface area contributed by atoms with Crippen LogP contribution in [0.4, 0.5) is 10.6 Å². The summed E-state index contributed by atoms with van der Waals surface area (Å²) >= 11 is 5.64. The highest BCUT2D eigenvalue weighted by molar-refractivity contribution is 6.29. The molecule has 1 aromatic rings. The van der Waals surface area contributed by atoms with Crippen LogP contribution in [0.5, 0.6) is 0 Å². The van der Waals surface area contributed by atoms with Gasteiger partial charge < -0.3 is 15.3 Å². The van der Waals surface area contributed by atoms with Gasteiger partial charge in [0.05, 0.1) is 0 Å². The number of nitrogens with zero attached hydrogens (tertiary/aromatic N) is 3. The highest BCUT2D eigenvalue weighted by Gasteiger charge is 2.58. The van der Waals surface area contributed by atoms with Crippen LogP contribution >= 0.6 is 11.6 Å². The van der Waals surface area contributed by atoms with Gasteiger partial charge >= 0.3 is 6.09 Å². The number of carboxylic acid groups (broad SMARTS) is 1. The van der Waals surface area contributed by atoms with E-state index >= 15 is 0 Å². The molecule has 1 saturated carbocycles. The third kappa shape index (κ3) is 2.78. The number of anilines is 1. The smallest absolute Gasteiger partial charge is 0.407 e. The summed E-state index contributed by atoms with van der Waals surface area (Å²) in [5.74, 6) is 0.246. The maximum atomic E-state index is 12.2. The van der Waals surface area contributed by atoms with E-state index in [4.69, 9.17) is 16.7 Å². The Morgan fingerprint density at radius 1 is 1.33 bits per heavy atom. The van der Waals surface area contributed by atoms with Crippen LogP contribution in [0.2, 0.25) is 5.15 Å². The molecule has 0 aromatic carbocycles. The summed E-state index contributed by atoms with van der Waals surface area (Å²) in [5, 5.41) is 19.4. The molecule has 1 aliphatic heterocycles. The number of likely N-dealkylation sites (tertiary alicyclic amines) is 1. The maximum Gasteiger partial charge on any atom is 0.407 e. The number of carbonyl (C=O) groups is 2. The number of piperidine rings is 1. The van der Waals surface area contributed by atoms with Gasteiger partial charge in [0.25, 0.3) is 0 Å². The molecule has 3 rings (SSSR count). The first-order chi connectivity index (χ1) is 10.00. The third-order valence-corrected chi connectivity index (χ3v) is 4.62. The Balaban J connectivity index is 1.56. The van der Waals surface area contributed by atoms with Gasteiger partial charge in [-0.15, -0.1) is 10.2 Å². The number of halogens is 1. The molecular weight excluding hydrogens is 296 g/mol. The predicted molar refractivity (Wildman–Crippen MR) is 75.0 cm³/mol. The van der Waals surface area contributed by atoms with Gasteiger partial charge in [-0.25, -0.2) is 4.79 Å². The Kier molecular flexibility index (Phi) is 3.44. The van der Waals surface area contributed by atoms with Gasteiger partial charge in [-0.1, -0.05) is 11.6 Å². The fraction of sp³-hybridized carbons (Fsp3) is 0.538. The van der Waals surface area contributed by atoms with Crippen molar-refractivity contribution in [2.75, 3.05) is 18.4 Å². The topological polar surface area (TPSA) is 95.4 Å². The van der Waals surface area contributed by atoms with E-state index in [0.717, 1.165) is 19.3 Å². The molecule has 112 valence electrons. The summed E-state index contributed by atoms with van der Waals surface area (Å²) in [6.07, 6.45) is 1.41. The minimum absolute atomic E-state index is 0.0319. The van der Waals surface area contributed by atoms with E-state index in [1.54, 1.807) is 12.1 Å². The fourth-order valence-electron chi connectivity index (χ4n) is 3.01. The Morgan fingerprint density at radius 3 is 2.62 bits per heavy atom. The molecule has 7 nitrogen and oxygen atoms in total. The lowest BCUT2D eigenvalue weighted by Gasteiger charge is -2.30. The molecule has 0 bridgehead atoms. The lowest BCUT2D eigenvalue weighted by molar-refractivity contribution is -0.118. The van der Waals surface area contributed by atoms with Crippen LogP contribution in [0, 0.1) is 11.3 Å². The maximum absolute atomic E-state index is 12.2. The van der Waals surface area contributed by atoms with Crippen LogP contribution in [0.1, 0.15) is 19.3 Å². The zero-order chi connectivity index (χ0) is 15.0. The molecule has 2 fully saturated rings. The van der Waals surface area contributed by atoms with E-state index < -0.39 is 6.09 Å². The number of rotatable bonds is 2. The molecule has 8 heteroatoms. The van der Waals surface area contributed by atoms with Gasteiger partial charge in [-0.05, 0) is 36.8 Å². The highest BCUT2D eigenvalue weighted by Crippen LogP contribution is 2.59. The molecule has 1 saturated heterocycles. The van der Waals surface area contributed by atoms with Crippen LogP contribution in [0.3, 0.4) is 0 Å². The number of hydrogen-bond donors (Lipinski definition) is 2. The first-order valence-electron chi connectivity index (χ1n) is 6.78. The van der Waals surface area contributed by atoms with Crippen LogP contribution in [0.25, 0.3) is 0 Å². The van der Waals surface area contributed by atoms with E-state index in [2.05, 4.69) is 15.5 Å². The zero-order valence-corrected chi connectivity index (χ0v) is 12.0. The number of hydrogen-bond acceptors (Lipinski definition) is 4. The van der Waals surface area contributed by atoms with Crippen molar-refractivity contribution in [3.63, 3.8) is 0 Å². The van der Waals surface area contributed by atoms with E-state index in [1.165, 1.54) is 4.90 Å². The van der Waals surface area contributed by atoms with Crippen LogP contribution in [-0.2, 0) is 4.79 Å². The van der Waals surface area contributed by atoms with Crippen molar-refractivity contribution in [2.24, 2.45) is 11.3 Å². The summed E-state index contributed by atoms with van der Waals surface area (Å²) in [6.45, 7) is 1.000. The standard InChI is InChI=1S/C13H15ClN4O3/c14-9-1-2-10(17-16-9)15-11(19)8-7-13(8)3-5-18(6-4-13)12(20)21/h1-2,8H,3-7H2,(H,20,21)(H,15,17,19). The summed E-state index contributed by atoms with van der Waals surface area (Å²) < 4.78 is 0. The second-order valence-corrected chi connectivity index (χ2v) is 6.01. The monoisotopic (exact) mass is 310 g/mol. The molecule has 2 N–H and O–H groups in total. The molecule has 1 aromatic heterocycles. The molecule has 2 heterocycles. The molecule has 2 amide bonds. The van der Waals surface area contributed by atoms with Crippen molar-refractivity contribution >= 4 is 29.4 Å². The van der Waals surface area contributed by atoms with Crippen LogP contribution in [0.15, 0.2) is 12.1 Å². The molecule has 1 unspecified atom stereocenters. The van der Waals surface area contributed by atoms with Crippen molar-refractivity contribution in [3.05, 3.63) is 17.3 Å². The molecule has 1 atom stereocenters. The van der Waals surface area contributed by atoms with Gasteiger partial charge in [0, 0.05) is 19.0 Å². The third-order valence-electron chi connectivity index (χ3n) is 4.42. The Morgan fingerprint density at radius 2 is 2.05 bits per heavy atom. The SMILES string of the molecule is O=C(Nc1ccc(Cl)nn1)C1CC12CCN(C(=O)O)CC2. The summed E-state index contributed by atoms with van der Waals surface area (Å²) in [6, 6.07) is 3.17. The first kappa shape index (κ1) is 14.1. The normalized spacial score (nSPS) is 22.9. The van der Waals surface area contributed by atoms with Crippen molar-refractivity contribution < 1.29 is 14.7 Å². The largest absolute Gasteiger partial charge is 0.465 e. The zero-order valence-electron chi connectivity index (χ0n) is 11.3. The number of amides is 2. The van der Waals surface area contributed by atoms with Gasteiger partial charge in [0.15, 0.2) is 11.0 Å². The van der Waals surface area contributed by atoms with Crippen molar-refractivity contribution in [1.29, 1.82) is 0 Å². The quantitative estimate of drug-likeness (QED) is 0.869. The molecule has 1 aliphatic carbocycles. The van der Waals surface area contributed by atoms with Crippen molar-refractivity contribution in [3.8, 4) is 0 Å². The Labute approximate surface area is 126 Å². The highest BCUT2D eigenvalue weighted by atomic mass is 35.5. The number of aromatic nitrogens is 2. The average Bonchev–Trinajstić information content (AvgIpc) is 3.16. The lowest BCUT2D eigenvalue weighted by Crippen LogP contribution is -2.39. The van der Waals surface area contributed by atoms with E-state index in [0.29, 0.717) is 18.9 Å².